The van der Waals surface area contributed by atoms with E-state index in [1.807, 2.05) is 0 Å². The van der Waals surface area contributed by atoms with Crippen molar-refractivity contribution in [2.45, 2.75) is 97.1 Å². The summed E-state index contributed by atoms with van der Waals surface area (Å²) in [7, 11) is -1.81. The molecule has 0 saturated carbocycles. The molecule has 0 heterocycles. The average molecular weight is 389 g/mol. The summed E-state index contributed by atoms with van der Waals surface area (Å²) in [5, 5.41) is 0.217. The van der Waals surface area contributed by atoms with Gasteiger partial charge in [-0.1, -0.05) is 70.9 Å². The minimum atomic E-state index is -1.81. The molecule has 1 aromatic rings. The van der Waals surface area contributed by atoms with Crippen LogP contribution in [0.15, 0.2) is 42.2 Å². The molecule has 2 rings (SSSR count). The molecule has 0 aromatic heterocycles. The van der Waals surface area contributed by atoms with E-state index in [1.54, 1.807) is 0 Å². The summed E-state index contributed by atoms with van der Waals surface area (Å²) in [5.74, 6) is 1.62. The summed E-state index contributed by atoms with van der Waals surface area (Å²) < 4.78 is 13.4. The Labute approximate surface area is 168 Å². The Hall–Kier alpha value is -1.06. The lowest BCUT2D eigenvalue weighted by molar-refractivity contribution is -0.0901. The van der Waals surface area contributed by atoms with E-state index in [-0.39, 0.29) is 16.7 Å². The Bertz CT molecular complexity index is 626. The van der Waals surface area contributed by atoms with Crippen LogP contribution in [0.1, 0.15) is 72.8 Å². The van der Waals surface area contributed by atoms with E-state index in [2.05, 4.69) is 91.0 Å². The molecule has 0 amide bonds. The van der Waals surface area contributed by atoms with Crippen LogP contribution < -0.4 is 0 Å². The highest BCUT2D eigenvalue weighted by atomic mass is 28.4. The molecule has 2 nitrogen and oxygen atoms in total. The zero-order valence-corrected chi connectivity index (χ0v) is 19.8. The lowest BCUT2D eigenvalue weighted by Crippen LogP contribution is -2.40. The molecular weight excluding hydrogens is 348 g/mol. The molecule has 0 aliphatic heterocycles. The van der Waals surface area contributed by atoms with Gasteiger partial charge < -0.3 is 9.16 Å². The van der Waals surface area contributed by atoms with E-state index >= 15 is 0 Å². The summed E-state index contributed by atoms with van der Waals surface area (Å²) in [6.45, 7) is 18.2. The molecule has 0 N–H and O–H groups in total. The molecule has 2 unspecified atom stereocenters. The Kier molecular flexibility index (Phi) is 7.02. The number of benzene rings is 1. The Morgan fingerprint density at radius 2 is 1.67 bits per heavy atom. The van der Waals surface area contributed by atoms with Crippen LogP contribution in [0.2, 0.25) is 18.1 Å². The van der Waals surface area contributed by atoms with Crippen LogP contribution in [0.3, 0.4) is 0 Å². The van der Waals surface area contributed by atoms with E-state index in [0.29, 0.717) is 5.92 Å². The highest BCUT2D eigenvalue weighted by molar-refractivity contribution is 6.74. The lowest BCUT2D eigenvalue weighted by atomic mass is 9.95. The average Bonchev–Trinajstić information content (AvgIpc) is 2.92. The molecule has 27 heavy (non-hydrogen) atoms. The topological polar surface area (TPSA) is 18.5 Å². The minimum Gasteiger partial charge on any atom is -0.547 e. The van der Waals surface area contributed by atoms with Crippen molar-refractivity contribution in [3.05, 3.63) is 47.7 Å². The minimum absolute atomic E-state index is 0.200. The molecule has 152 valence electrons. The predicted octanol–water partition coefficient (Wildman–Crippen LogP) is 7.42. The van der Waals surface area contributed by atoms with Crippen LogP contribution in [0.5, 0.6) is 0 Å². The predicted molar refractivity (Wildman–Crippen MR) is 118 cm³/mol. The third-order valence-electron chi connectivity index (χ3n) is 6.28. The van der Waals surface area contributed by atoms with Crippen molar-refractivity contribution in [2.24, 2.45) is 5.92 Å². The van der Waals surface area contributed by atoms with Gasteiger partial charge in [-0.25, -0.2) is 0 Å². The van der Waals surface area contributed by atoms with Gasteiger partial charge in [-0.2, -0.15) is 0 Å². The van der Waals surface area contributed by atoms with Gasteiger partial charge in [0.2, 0.25) is 8.32 Å². The third-order valence-corrected chi connectivity index (χ3v) is 10.7. The quantitative estimate of drug-likeness (QED) is 0.431. The van der Waals surface area contributed by atoms with Crippen LogP contribution in [0.4, 0.5) is 0 Å². The zero-order chi connectivity index (χ0) is 20.3. The number of ether oxygens (including phenoxy) is 1. The van der Waals surface area contributed by atoms with Crippen molar-refractivity contribution in [1.82, 2.24) is 0 Å². The first kappa shape index (κ1) is 22.2. The van der Waals surface area contributed by atoms with Gasteiger partial charge in [0, 0.05) is 12.3 Å². The fraction of sp³-hybridized carbons (Fsp3) is 0.667. The summed E-state index contributed by atoms with van der Waals surface area (Å²) in [4.78, 5) is 0. The fourth-order valence-corrected chi connectivity index (χ4v) is 4.56. The molecule has 1 aliphatic carbocycles. The van der Waals surface area contributed by atoms with Gasteiger partial charge in [0.05, 0.1) is 17.5 Å². The largest absolute Gasteiger partial charge is 0.547 e. The lowest BCUT2D eigenvalue weighted by Gasteiger charge is -2.37. The molecule has 1 aliphatic rings. The van der Waals surface area contributed by atoms with Crippen LogP contribution in [0, 0.1) is 5.92 Å². The second-order valence-electron chi connectivity index (χ2n) is 10.0. The summed E-state index contributed by atoms with van der Waals surface area (Å²) in [6, 6.07) is 10.6. The number of hydrogen-bond donors (Lipinski definition) is 0. The monoisotopic (exact) mass is 388 g/mol. The van der Waals surface area contributed by atoms with Crippen LogP contribution in [-0.2, 0) is 14.8 Å². The zero-order valence-electron chi connectivity index (χ0n) is 18.8. The highest BCUT2D eigenvalue weighted by Gasteiger charge is 2.42. The van der Waals surface area contributed by atoms with E-state index in [0.717, 1.165) is 12.2 Å². The second-order valence-corrected chi connectivity index (χ2v) is 14.8. The van der Waals surface area contributed by atoms with Crippen molar-refractivity contribution >= 4 is 8.32 Å². The molecule has 1 aromatic carbocycles. The molecule has 2 atom stereocenters. The van der Waals surface area contributed by atoms with E-state index < -0.39 is 8.32 Å². The summed E-state index contributed by atoms with van der Waals surface area (Å²) in [5.41, 5.74) is 0.939. The Morgan fingerprint density at radius 1 is 1.04 bits per heavy atom. The van der Waals surface area contributed by atoms with Crippen molar-refractivity contribution in [1.29, 1.82) is 0 Å². The molecule has 0 bridgehead atoms. The van der Waals surface area contributed by atoms with Gasteiger partial charge in [-0.3, -0.25) is 0 Å². The molecule has 0 radical (unpaired) electrons. The molecule has 0 spiro atoms. The Morgan fingerprint density at radius 3 is 2.22 bits per heavy atom. The SMILES string of the molecule is CCCCC1C=C(O[Si](C)(C)C(C)(C)C)CC1OC(C)(C)c1ccccc1. The van der Waals surface area contributed by atoms with Crippen molar-refractivity contribution in [3.8, 4) is 0 Å². The number of unbranched alkanes of at least 4 members (excludes halogenated alkanes) is 1. The standard InChI is InChI=1S/C24H40O2Si/c1-9-10-14-19-17-21(26-27(7,8)23(2,3)4)18-22(19)25-24(5,6)20-15-12-11-13-16-20/h11-13,15-17,19,22H,9-10,14,18H2,1-8H3. The van der Waals surface area contributed by atoms with Gasteiger partial charge >= 0.3 is 0 Å². The molecule has 3 heteroatoms. The van der Waals surface area contributed by atoms with Crippen LogP contribution >= 0.6 is 0 Å². The normalized spacial score (nSPS) is 21.3. The smallest absolute Gasteiger partial charge is 0.250 e. The van der Waals surface area contributed by atoms with Crippen molar-refractivity contribution in [2.75, 3.05) is 0 Å². The first-order valence-corrected chi connectivity index (χ1v) is 13.5. The number of rotatable bonds is 8. The summed E-state index contributed by atoms with van der Waals surface area (Å²) >= 11 is 0. The number of hydrogen-bond acceptors (Lipinski definition) is 2. The van der Waals surface area contributed by atoms with Gasteiger partial charge in [0.25, 0.3) is 0 Å². The summed E-state index contributed by atoms with van der Waals surface area (Å²) in [6.07, 6.45) is 7.11. The fourth-order valence-electron chi connectivity index (χ4n) is 3.44. The maximum Gasteiger partial charge on any atom is 0.250 e. The van der Waals surface area contributed by atoms with Gasteiger partial charge in [-0.05, 0) is 50.0 Å². The van der Waals surface area contributed by atoms with Crippen LogP contribution in [0.25, 0.3) is 0 Å². The second kappa shape index (κ2) is 8.53. The maximum absolute atomic E-state index is 6.71. The molecular formula is C24H40O2Si. The van der Waals surface area contributed by atoms with Gasteiger partial charge in [0.15, 0.2) is 0 Å². The van der Waals surface area contributed by atoms with Crippen LogP contribution in [-0.4, -0.2) is 14.4 Å². The van der Waals surface area contributed by atoms with Crippen molar-refractivity contribution < 1.29 is 9.16 Å². The van der Waals surface area contributed by atoms with E-state index in [1.165, 1.54) is 24.8 Å². The van der Waals surface area contributed by atoms with Gasteiger partial charge in [-0.15, -0.1) is 0 Å². The first-order valence-electron chi connectivity index (χ1n) is 10.6. The van der Waals surface area contributed by atoms with Gasteiger partial charge in [0.1, 0.15) is 0 Å². The van der Waals surface area contributed by atoms with E-state index in [4.69, 9.17) is 9.16 Å². The highest BCUT2D eigenvalue weighted by Crippen LogP contribution is 2.42. The van der Waals surface area contributed by atoms with E-state index in [9.17, 15) is 0 Å². The maximum atomic E-state index is 6.71. The van der Waals surface area contributed by atoms with Crippen molar-refractivity contribution in [3.63, 3.8) is 0 Å². The molecule has 0 fully saturated rings. The molecule has 0 saturated heterocycles. The Balaban J connectivity index is 2.14. The third kappa shape index (κ3) is 5.71. The first-order chi connectivity index (χ1) is 12.5.